The summed E-state index contributed by atoms with van der Waals surface area (Å²) in [5.41, 5.74) is 10.2. The third-order valence-electron chi connectivity index (χ3n) is 3.40. The summed E-state index contributed by atoms with van der Waals surface area (Å²) in [5.74, 6) is 5.98. The van der Waals surface area contributed by atoms with Gasteiger partial charge in [0.15, 0.2) is 0 Å². The van der Waals surface area contributed by atoms with Crippen molar-refractivity contribution in [3.05, 3.63) is 28.3 Å². The minimum atomic E-state index is -0.423. The number of carbonyl (C=O) groups is 1. The summed E-state index contributed by atoms with van der Waals surface area (Å²) in [6.07, 6.45) is 0.159. The van der Waals surface area contributed by atoms with Crippen molar-refractivity contribution in [3.63, 3.8) is 0 Å². The Morgan fingerprint density at radius 2 is 1.95 bits per heavy atom. The number of hydrogen-bond acceptors (Lipinski definition) is 4. The van der Waals surface area contributed by atoms with Crippen LogP contribution in [0.3, 0.4) is 0 Å². The topological polar surface area (TPSA) is 81.6 Å². The van der Waals surface area contributed by atoms with Gasteiger partial charge in [0.05, 0.1) is 7.11 Å². The summed E-state index contributed by atoms with van der Waals surface area (Å²) in [7, 11) is 3.13. The van der Waals surface area contributed by atoms with E-state index in [0.29, 0.717) is 0 Å². The summed E-state index contributed by atoms with van der Waals surface area (Å²) in [5, 5.41) is 1.06. The van der Waals surface area contributed by atoms with Crippen LogP contribution < -0.4 is 16.3 Å². The highest BCUT2D eigenvalue weighted by Crippen LogP contribution is 2.34. The number of carbonyl (C=O) groups excluding carboxylic acids is 1. The van der Waals surface area contributed by atoms with Gasteiger partial charge < -0.3 is 10.5 Å². The third-order valence-corrected chi connectivity index (χ3v) is 3.40. The maximum atomic E-state index is 11.7. The van der Waals surface area contributed by atoms with E-state index in [9.17, 15) is 4.79 Å². The first-order chi connectivity index (χ1) is 8.79. The van der Waals surface area contributed by atoms with Crippen LogP contribution in [0.25, 0.3) is 0 Å². The Bertz CT molecular complexity index is 484. The van der Waals surface area contributed by atoms with Gasteiger partial charge in [-0.1, -0.05) is 6.07 Å². The number of nitrogens with zero attached hydrogens (tertiary/aromatic N) is 1. The van der Waals surface area contributed by atoms with Gasteiger partial charge in [0.25, 0.3) is 0 Å². The lowest BCUT2D eigenvalue weighted by Crippen LogP contribution is -2.35. The number of methoxy groups -OCH3 is 1. The lowest BCUT2D eigenvalue weighted by atomic mass is 9.93. The molecule has 0 radical (unpaired) electrons. The van der Waals surface area contributed by atoms with E-state index in [1.54, 1.807) is 7.11 Å². The Morgan fingerprint density at radius 1 is 1.37 bits per heavy atom. The summed E-state index contributed by atoms with van der Waals surface area (Å²) in [6, 6.07) is 1.64. The average Bonchev–Trinajstić information content (AvgIpc) is 2.32. The van der Waals surface area contributed by atoms with Crippen molar-refractivity contribution in [2.45, 2.75) is 33.2 Å². The van der Waals surface area contributed by atoms with Crippen LogP contribution >= 0.6 is 0 Å². The zero-order valence-corrected chi connectivity index (χ0v) is 12.3. The largest absolute Gasteiger partial charge is 0.496 e. The van der Waals surface area contributed by atoms with Gasteiger partial charge in [-0.3, -0.25) is 9.80 Å². The molecule has 1 amide bonds. The number of rotatable bonds is 4. The number of amides is 1. The molecule has 0 saturated heterocycles. The minimum absolute atomic E-state index is 0.159. The molecule has 5 nitrogen and oxygen atoms in total. The fourth-order valence-electron chi connectivity index (χ4n) is 2.23. The molecule has 0 aliphatic carbocycles. The van der Waals surface area contributed by atoms with Crippen molar-refractivity contribution < 1.29 is 9.53 Å². The minimum Gasteiger partial charge on any atom is -0.496 e. The molecule has 1 aromatic rings. The van der Waals surface area contributed by atoms with Crippen molar-refractivity contribution in [2.75, 3.05) is 14.2 Å². The van der Waals surface area contributed by atoms with Crippen LogP contribution in [0.2, 0.25) is 0 Å². The predicted molar refractivity (Wildman–Crippen MR) is 75.7 cm³/mol. The van der Waals surface area contributed by atoms with Crippen LogP contribution in [0.4, 0.5) is 0 Å². The molecule has 106 valence electrons. The van der Waals surface area contributed by atoms with E-state index in [1.165, 1.54) is 7.05 Å². The summed E-state index contributed by atoms with van der Waals surface area (Å²) >= 11 is 0. The van der Waals surface area contributed by atoms with E-state index in [-0.39, 0.29) is 12.3 Å². The Kier molecular flexibility index (Phi) is 4.91. The molecule has 0 bridgehead atoms. The molecule has 0 aliphatic rings. The molecule has 1 unspecified atom stereocenters. The molecule has 1 rings (SSSR count). The standard InChI is InChI=1S/C14H23N3O2/c1-8-6-9(2)13(14(19-5)10(8)3)11(15)7-12(18)17(4)16/h6,11H,7,15-16H2,1-5H3. The Labute approximate surface area is 114 Å². The molecule has 0 aliphatic heterocycles. The van der Waals surface area contributed by atoms with Gasteiger partial charge in [-0.25, -0.2) is 5.84 Å². The fourth-order valence-corrected chi connectivity index (χ4v) is 2.23. The first-order valence-electron chi connectivity index (χ1n) is 6.21. The van der Waals surface area contributed by atoms with E-state index >= 15 is 0 Å². The molecule has 0 heterocycles. The molecule has 1 atom stereocenters. The lowest BCUT2D eigenvalue weighted by molar-refractivity contribution is -0.130. The maximum Gasteiger partial charge on any atom is 0.238 e. The van der Waals surface area contributed by atoms with Gasteiger partial charge >= 0.3 is 0 Å². The zero-order chi connectivity index (χ0) is 14.7. The number of aryl methyl sites for hydroxylation is 2. The van der Waals surface area contributed by atoms with Crippen molar-refractivity contribution in [1.82, 2.24) is 5.01 Å². The van der Waals surface area contributed by atoms with Crippen LogP contribution in [-0.2, 0) is 4.79 Å². The summed E-state index contributed by atoms with van der Waals surface area (Å²) in [6.45, 7) is 5.99. The molecule has 0 spiro atoms. The number of hydrazine groups is 1. The normalized spacial score (nSPS) is 12.2. The quantitative estimate of drug-likeness (QED) is 0.489. The van der Waals surface area contributed by atoms with Crippen LogP contribution in [0.1, 0.15) is 34.7 Å². The Morgan fingerprint density at radius 3 is 2.42 bits per heavy atom. The highest BCUT2D eigenvalue weighted by Gasteiger charge is 2.21. The van der Waals surface area contributed by atoms with Crippen LogP contribution in [0.5, 0.6) is 5.75 Å². The van der Waals surface area contributed by atoms with Gasteiger partial charge in [0, 0.05) is 25.1 Å². The zero-order valence-electron chi connectivity index (χ0n) is 12.3. The predicted octanol–water partition coefficient (Wildman–Crippen LogP) is 1.34. The third kappa shape index (κ3) is 3.24. The van der Waals surface area contributed by atoms with Crippen molar-refractivity contribution in [1.29, 1.82) is 0 Å². The average molecular weight is 265 g/mol. The Balaban J connectivity index is 3.19. The first-order valence-corrected chi connectivity index (χ1v) is 6.21. The van der Waals surface area contributed by atoms with Crippen molar-refractivity contribution >= 4 is 5.91 Å². The van der Waals surface area contributed by atoms with Gasteiger partial charge in [-0.2, -0.15) is 0 Å². The number of ether oxygens (including phenoxy) is 1. The fraction of sp³-hybridized carbons (Fsp3) is 0.500. The molecule has 5 heteroatoms. The van der Waals surface area contributed by atoms with E-state index in [0.717, 1.165) is 33.0 Å². The second-order valence-electron chi connectivity index (χ2n) is 4.90. The summed E-state index contributed by atoms with van der Waals surface area (Å²) < 4.78 is 5.46. The van der Waals surface area contributed by atoms with E-state index in [4.69, 9.17) is 16.3 Å². The van der Waals surface area contributed by atoms with E-state index in [2.05, 4.69) is 6.07 Å². The molecular formula is C14H23N3O2. The molecule has 0 saturated carbocycles. The molecule has 19 heavy (non-hydrogen) atoms. The highest BCUT2D eigenvalue weighted by atomic mass is 16.5. The molecule has 4 N–H and O–H groups in total. The van der Waals surface area contributed by atoms with Gasteiger partial charge in [-0.15, -0.1) is 0 Å². The van der Waals surface area contributed by atoms with Crippen LogP contribution in [0, 0.1) is 20.8 Å². The van der Waals surface area contributed by atoms with Crippen LogP contribution in [-0.4, -0.2) is 25.1 Å². The van der Waals surface area contributed by atoms with Crippen molar-refractivity contribution in [2.24, 2.45) is 11.6 Å². The monoisotopic (exact) mass is 265 g/mol. The van der Waals surface area contributed by atoms with E-state index < -0.39 is 6.04 Å². The Hall–Kier alpha value is -1.59. The molecular weight excluding hydrogens is 242 g/mol. The molecule has 0 aromatic heterocycles. The van der Waals surface area contributed by atoms with Crippen molar-refractivity contribution in [3.8, 4) is 5.75 Å². The number of nitrogens with two attached hydrogens (primary N) is 2. The molecule has 0 fully saturated rings. The first kappa shape index (κ1) is 15.5. The van der Waals surface area contributed by atoms with Gasteiger partial charge in [0.1, 0.15) is 5.75 Å². The molecule has 1 aromatic carbocycles. The SMILES string of the molecule is COc1c(C)c(C)cc(C)c1C(N)CC(=O)N(C)N. The van der Waals surface area contributed by atoms with Gasteiger partial charge in [-0.05, 0) is 37.5 Å². The highest BCUT2D eigenvalue weighted by molar-refractivity contribution is 5.76. The number of benzene rings is 1. The lowest BCUT2D eigenvalue weighted by Gasteiger charge is -2.22. The van der Waals surface area contributed by atoms with Gasteiger partial charge in [0.2, 0.25) is 5.91 Å². The second kappa shape index (κ2) is 6.04. The maximum absolute atomic E-state index is 11.7. The second-order valence-corrected chi connectivity index (χ2v) is 4.90. The van der Waals surface area contributed by atoms with Crippen LogP contribution in [0.15, 0.2) is 6.07 Å². The van der Waals surface area contributed by atoms with E-state index in [1.807, 2.05) is 20.8 Å². The number of hydrogen-bond donors (Lipinski definition) is 2. The smallest absolute Gasteiger partial charge is 0.238 e. The summed E-state index contributed by atoms with van der Waals surface area (Å²) in [4.78, 5) is 11.7.